The molecule has 0 radical (unpaired) electrons. The fourth-order valence-electron chi connectivity index (χ4n) is 2.94. The van der Waals surface area contributed by atoms with Gasteiger partial charge in [-0.15, -0.1) is 0 Å². The number of rotatable bonds is 6. The summed E-state index contributed by atoms with van der Waals surface area (Å²) in [6, 6.07) is -0.117. The van der Waals surface area contributed by atoms with Gasteiger partial charge in [0, 0.05) is 19.4 Å². The fraction of sp³-hybridized carbons (Fsp3) is 0.867. The van der Waals surface area contributed by atoms with E-state index in [-0.39, 0.29) is 42.6 Å². The van der Waals surface area contributed by atoms with Gasteiger partial charge in [0.15, 0.2) is 0 Å². The number of carbonyl (C=O) groups is 2. The number of aliphatic hydroxyl groups excluding tert-OH is 1. The minimum atomic E-state index is -0.352. The molecule has 21 heavy (non-hydrogen) atoms. The van der Waals surface area contributed by atoms with Gasteiger partial charge in [0.1, 0.15) is 6.10 Å². The Hall–Kier alpha value is -1.14. The van der Waals surface area contributed by atoms with Crippen molar-refractivity contribution < 1.29 is 19.4 Å². The Morgan fingerprint density at radius 2 is 2.00 bits per heavy atom. The molecule has 6 heteroatoms. The molecule has 1 heterocycles. The number of ether oxygens (including phenoxy) is 1. The van der Waals surface area contributed by atoms with Gasteiger partial charge in [0.2, 0.25) is 11.8 Å². The predicted molar refractivity (Wildman–Crippen MR) is 77.6 cm³/mol. The standard InChI is InChI=1S/C15H26N2O4/c1-10(19)17-13-6-5-12(21-14(13)9-18)7-8-16-15(20)11-3-2-4-11/h11-14,18H,2-9H2,1H3,(H,16,20)(H,17,19)/t12-,13+,14+/m1/s1. The van der Waals surface area contributed by atoms with Crippen molar-refractivity contribution in [2.45, 2.75) is 63.7 Å². The highest BCUT2D eigenvalue weighted by Crippen LogP contribution is 2.26. The zero-order valence-corrected chi connectivity index (χ0v) is 12.6. The van der Waals surface area contributed by atoms with E-state index >= 15 is 0 Å². The van der Waals surface area contributed by atoms with Crippen LogP contribution in [0, 0.1) is 5.92 Å². The lowest BCUT2D eigenvalue weighted by atomic mass is 9.85. The molecule has 3 atom stereocenters. The van der Waals surface area contributed by atoms with Crippen molar-refractivity contribution in [2.75, 3.05) is 13.2 Å². The summed E-state index contributed by atoms with van der Waals surface area (Å²) in [5.41, 5.74) is 0. The molecule has 0 spiro atoms. The Morgan fingerprint density at radius 1 is 1.24 bits per heavy atom. The highest BCUT2D eigenvalue weighted by Gasteiger charge is 2.31. The molecule has 0 aromatic rings. The number of hydrogen-bond donors (Lipinski definition) is 3. The van der Waals surface area contributed by atoms with E-state index in [1.54, 1.807) is 0 Å². The minimum absolute atomic E-state index is 0.0360. The molecule has 1 aliphatic heterocycles. The molecule has 2 fully saturated rings. The summed E-state index contributed by atoms with van der Waals surface area (Å²) in [7, 11) is 0. The molecule has 2 rings (SSSR count). The van der Waals surface area contributed by atoms with Crippen molar-refractivity contribution in [3.8, 4) is 0 Å². The highest BCUT2D eigenvalue weighted by molar-refractivity contribution is 5.79. The van der Waals surface area contributed by atoms with Gasteiger partial charge in [0.25, 0.3) is 0 Å². The van der Waals surface area contributed by atoms with E-state index in [9.17, 15) is 14.7 Å². The molecular weight excluding hydrogens is 272 g/mol. The summed E-state index contributed by atoms with van der Waals surface area (Å²) in [5.74, 6) is 0.270. The molecule has 3 N–H and O–H groups in total. The van der Waals surface area contributed by atoms with E-state index in [0.29, 0.717) is 6.54 Å². The van der Waals surface area contributed by atoms with Crippen LogP contribution in [-0.4, -0.2) is 48.3 Å². The van der Waals surface area contributed by atoms with Crippen LogP contribution >= 0.6 is 0 Å². The average Bonchev–Trinajstić information content (AvgIpc) is 2.37. The molecule has 1 saturated heterocycles. The van der Waals surface area contributed by atoms with Gasteiger partial charge in [-0.25, -0.2) is 0 Å². The summed E-state index contributed by atoms with van der Waals surface area (Å²) >= 11 is 0. The van der Waals surface area contributed by atoms with E-state index in [1.807, 2.05) is 0 Å². The quantitative estimate of drug-likeness (QED) is 0.660. The van der Waals surface area contributed by atoms with Gasteiger partial charge in [-0.2, -0.15) is 0 Å². The van der Waals surface area contributed by atoms with Crippen molar-refractivity contribution >= 4 is 11.8 Å². The van der Waals surface area contributed by atoms with Gasteiger partial charge >= 0.3 is 0 Å². The van der Waals surface area contributed by atoms with Crippen LogP contribution in [-0.2, 0) is 14.3 Å². The van der Waals surface area contributed by atoms with E-state index in [4.69, 9.17) is 4.74 Å². The van der Waals surface area contributed by atoms with E-state index in [1.165, 1.54) is 6.92 Å². The van der Waals surface area contributed by atoms with Crippen LogP contribution in [0.15, 0.2) is 0 Å². The summed E-state index contributed by atoms with van der Waals surface area (Å²) < 4.78 is 5.82. The van der Waals surface area contributed by atoms with E-state index in [2.05, 4.69) is 10.6 Å². The number of amides is 2. The Morgan fingerprint density at radius 3 is 2.57 bits per heavy atom. The van der Waals surface area contributed by atoms with Crippen molar-refractivity contribution in [3.63, 3.8) is 0 Å². The van der Waals surface area contributed by atoms with Gasteiger partial charge in [-0.3, -0.25) is 9.59 Å². The maximum absolute atomic E-state index is 11.7. The van der Waals surface area contributed by atoms with Crippen LogP contribution in [0.25, 0.3) is 0 Å². The maximum Gasteiger partial charge on any atom is 0.223 e. The Labute approximate surface area is 125 Å². The Balaban J connectivity index is 1.68. The molecule has 2 amide bonds. The van der Waals surface area contributed by atoms with Crippen LogP contribution < -0.4 is 10.6 Å². The lowest BCUT2D eigenvalue weighted by Crippen LogP contribution is -2.50. The molecule has 6 nitrogen and oxygen atoms in total. The second-order valence-electron chi connectivity index (χ2n) is 6.07. The lowest BCUT2D eigenvalue weighted by molar-refractivity contribution is -0.129. The van der Waals surface area contributed by atoms with Crippen LogP contribution in [0.5, 0.6) is 0 Å². The summed E-state index contributed by atoms with van der Waals surface area (Å²) in [5, 5.41) is 15.1. The third-order valence-electron chi connectivity index (χ3n) is 4.43. The number of hydrogen-bond acceptors (Lipinski definition) is 4. The SMILES string of the molecule is CC(=O)N[C@H]1CC[C@H](CCNC(=O)C2CCC2)O[C@H]1CO. The molecule has 0 aromatic carbocycles. The predicted octanol–water partition coefficient (Wildman–Crippen LogP) is 0.337. The van der Waals surface area contributed by atoms with Gasteiger partial charge in [-0.1, -0.05) is 6.42 Å². The largest absolute Gasteiger partial charge is 0.394 e. The molecule has 1 aliphatic carbocycles. The topological polar surface area (TPSA) is 87.7 Å². The zero-order valence-electron chi connectivity index (χ0n) is 12.6. The highest BCUT2D eigenvalue weighted by atomic mass is 16.5. The summed E-state index contributed by atoms with van der Waals surface area (Å²) in [4.78, 5) is 22.8. The van der Waals surface area contributed by atoms with Crippen molar-refractivity contribution in [1.82, 2.24) is 10.6 Å². The van der Waals surface area contributed by atoms with Gasteiger partial charge in [0.05, 0.1) is 18.8 Å². The number of aliphatic hydroxyl groups is 1. The van der Waals surface area contributed by atoms with E-state index in [0.717, 1.165) is 38.5 Å². The van der Waals surface area contributed by atoms with Crippen LogP contribution in [0.2, 0.25) is 0 Å². The average molecular weight is 298 g/mol. The molecule has 2 aliphatic rings. The first-order valence-corrected chi connectivity index (χ1v) is 7.91. The lowest BCUT2D eigenvalue weighted by Gasteiger charge is -2.36. The zero-order chi connectivity index (χ0) is 15.2. The van der Waals surface area contributed by atoms with Crippen LogP contribution in [0.1, 0.15) is 45.4 Å². The van der Waals surface area contributed by atoms with Gasteiger partial charge in [-0.05, 0) is 32.1 Å². The monoisotopic (exact) mass is 298 g/mol. The maximum atomic E-state index is 11.7. The first-order chi connectivity index (χ1) is 10.1. The van der Waals surface area contributed by atoms with Crippen molar-refractivity contribution in [3.05, 3.63) is 0 Å². The first kappa shape index (κ1) is 16.2. The fourth-order valence-corrected chi connectivity index (χ4v) is 2.94. The minimum Gasteiger partial charge on any atom is -0.394 e. The molecule has 120 valence electrons. The van der Waals surface area contributed by atoms with E-state index < -0.39 is 0 Å². The first-order valence-electron chi connectivity index (χ1n) is 7.91. The van der Waals surface area contributed by atoms with Crippen molar-refractivity contribution in [2.24, 2.45) is 5.92 Å². The Kier molecular flexibility index (Phi) is 5.99. The molecule has 0 aromatic heterocycles. The molecule has 0 bridgehead atoms. The molecular formula is C15H26N2O4. The normalized spacial score (nSPS) is 29.5. The summed E-state index contributed by atoms with van der Waals surface area (Å²) in [6.45, 7) is 1.98. The van der Waals surface area contributed by atoms with Gasteiger partial charge < -0.3 is 20.5 Å². The summed E-state index contributed by atoms with van der Waals surface area (Å²) in [6.07, 6.45) is 5.25. The second-order valence-corrected chi connectivity index (χ2v) is 6.07. The Bertz CT molecular complexity index is 371. The smallest absolute Gasteiger partial charge is 0.223 e. The van der Waals surface area contributed by atoms with Crippen LogP contribution in [0.4, 0.5) is 0 Å². The third kappa shape index (κ3) is 4.68. The second kappa shape index (κ2) is 7.75. The number of nitrogens with one attached hydrogen (secondary N) is 2. The molecule has 1 saturated carbocycles. The third-order valence-corrected chi connectivity index (χ3v) is 4.43. The number of carbonyl (C=O) groups excluding carboxylic acids is 2. The van der Waals surface area contributed by atoms with Crippen LogP contribution in [0.3, 0.4) is 0 Å². The van der Waals surface area contributed by atoms with Crippen molar-refractivity contribution in [1.29, 1.82) is 0 Å². The molecule has 0 unspecified atom stereocenters.